The van der Waals surface area contributed by atoms with Crippen molar-refractivity contribution in [2.45, 2.75) is 13.3 Å². The molecule has 8 heteroatoms. The van der Waals surface area contributed by atoms with Crippen LogP contribution in [0.4, 0.5) is 21.0 Å². The van der Waals surface area contributed by atoms with Crippen molar-refractivity contribution in [1.82, 2.24) is 5.32 Å². The van der Waals surface area contributed by atoms with E-state index in [2.05, 4.69) is 15.4 Å². The van der Waals surface area contributed by atoms with Gasteiger partial charge < -0.3 is 20.1 Å². The third-order valence-electron chi connectivity index (χ3n) is 3.12. The highest BCUT2D eigenvalue weighted by Gasteiger charge is 2.23. The summed E-state index contributed by atoms with van der Waals surface area (Å²) in [6.07, 6.45) is -0.770. The van der Waals surface area contributed by atoms with Crippen LogP contribution in [0.15, 0.2) is 24.3 Å². The van der Waals surface area contributed by atoms with Crippen molar-refractivity contribution in [3.8, 4) is 0 Å². The Morgan fingerprint density at radius 1 is 1.30 bits per heavy atom. The van der Waals surface area contributed by atoms with E-state index in [-0.39, 0.29) is 31.6 Å². The number of nitrogens with one attached hydrogen (secondary N) is 2. The Morgan fingerprint density at radius 2 is 2.04 bits per heavy atom. The van der Waals surface area contributed by atoms with Gasteiger partial charge in [0.15, 0.2) is 0 Å². The van der Waals surface area contributed by atoms with Gasteiger partial charge in [-0.25, -0.2) is 9.59 Å². The van der Waals surface area contributed by atoms with Crippen LogP contribution in [0, 0.1) is 0 Å². The molecule has 1 aromatic rings. The second-order valence-electron chi connectivity index (χ2n) is 4.76. The lowest BCUT2D eigenvalue weighted by Gasteiger charge is -2.13. The third-order valence-corrected chi connectivity index (χ3v) is 3.12. The Balaban J connectivity index is 1.78. The van der Waals surface area contributed by atoms with Crippen LogP contribution < -0.4 is 15.5 Å². The van der Waals surface area contributed by atoms with Crippen LogP contribution in [-0.2, 0) is 14.3 Å². The van der Waals surface area contributed by atoms with Gasteiger partial charge in [-0.1, -0.05) is 0 Å². The Kier molecular flexibility index (Phi) is 5.79. The molecule has 1 aliphatic rings. The average Bonchev–Trinajstić information content (AvgIpc) is 2.94. The SMILES string of the molecule is CCOC(=O)NCCC(=O)Nc1ccc(N2CCOC2=O)cc1. The van der Waals surface area contributed by atoms with Gasteiger partial charge in [-0.2, -0.15) is 0 Å². The Labute approximate surface area is 133 Å². The molecule has 2 rings (SSSR count). The zero-order valence-corrected chi connectivity index (χ0v) is 12.8. The zero-order chi connectivity index (χ0) is 16.7. The van der Waals surface area contributed by atoms with Gasteiger partial charge in [0.1, 0.15) is 6.61 Å². The first-order chi connectivity index (χ1) is 11.1. The minimum Gasteiger partial charge on any atom is -0.450 e. The smallest absolute Gasteiger partial charge is 0.414 e. The highest BCUT2D eigenvalue weighted by atomic mass is 16.6. The summed E-state index contributed by atoms with van der Waals surface area (Å²) < 4.78 is 9.56. The molecular formula is C15H19N3O5. The minimum atomic E-state index is -0.540. The number of rotatable bonds is 6. The monoisotopic (exact) mass is 321 g/mol. The summed E-state index contributed by atoms with van der Waals surface area (Å²) in [5.74, 6) is -0.227. The number of amides is 3. The van der Waals surface area contributed by atoms with Gasteiger partial charge in [-0.05, 0) is 31.2 Å². The van der Waals surface area contributed by atoms with Crippen LogP contribution in [0.2, 0.25) is 0 Å². The number of benzene rings is 1. The molecule has 0 spiro atoms. The molecule has 0 bridgehead atoms. The molecule has 23 heavy (non-hydrogen) atoms. The molecule has 1 saturated heterocycles. The van der Waals surface area contributed by atoms with E-state index >= 15 is 0 Å². The summed E-state index contributed by atoms with van der Waals surface area (Å²) in [5, 5.41) is 5.18. The van der Waals surface area contributed by atoms with Crippen LogP contribution in [0.5, 0.6) is 0 Å². The van der Waals surface area contributed by atoms with E-state index in [4.69, 9.17) is 4.74 Å². The molecule has 0 aromatic heterocycles. The fraction of sp³-hybridized carbons (Fsp3) is 0.400. The molecule has 1 aliphatic heterocycles. The molecule has 0 aliphatic carbocycles. The molecule has 1 fully saturated rings. The summed E-state index contributed by atoms with van der Waals surface area (Å²) in [6.45, 7) is 3.09. The summed E-state index contributed by atoms with van der Waals surface area (Å²) in [6, 6.07) is 6.88. The molecule has 0 saturated carbocycles. The van der Waals surface area contributed by atoms with E-state index in [1.807, 2.05) is 0 Å². The molecule has 1 aromatic carbocycles. The van der Waals surface area contributed by atoms with Crippen molar-refractivity contribution < 1.29 is 23.9 Å². The fourth-order valence-corrected chi connectivity index (χ4v) is 2.04. The quantitative estimate of drug-likeness (QED) is 0.831. The van der Waals surface area contributed by atoms with Crippen molar-refractivity contribution in [2.75, 3.05) is 36.5 Å². The predicted molar refractivity (Wildman–Crippen MR) is 83.4 cm³/mol. The number of alkyl carbamates (subject to hydrolysis) is 1. The third kappa shape index (κ3) is 4.87. The van der Waals surface area contributed by atoms with Crippen LogP contribution in [0.25, 0.3) is 0 Å². The van der Waals surface area contributed by atoms with Crippen molar-refractivity contribution in [1.29, 1.82) is 0 Å². The lowest BCUT2D eigenvalue weighted by Crippen LogP contribution is -2.28. The maximum Gasteiger partial charge on any atom is 0.414 e. The Hall–Kier alpha value is -2.77. The van der Waals surface area contributed by atoms with Crippen molar-refractivity contribution >= 4 is 29.5 Å². The summed E-state index contributed by atoms with van der Waals surface area (Å²) in [4.78, 5) is 35.8. The van der Waals surface area contributed by atoms with Crippen LogP contribution in [0.1, 0.15) is 13.3 Å². The topological polar surface area (TPSA) is 97.0 Å². The van der Waals surface area contributed by atoms with Gasteiger partial charge in [0.2, 0.25) is 5.91 Å². The van der Waals surface area contributed by atoms with E-state index in [1.54, 1.807) is 31.2 Å². The van der Waals surface area contributed by atoms with Crippen LogP contribution in [-0.4, -0.2) is 44.4 Å². The van der Waals surface area contributed by atoms with Crippen molar-refractivity contribution in [2.24, 2.45) is 0 Å². The van der Waals surface area contributed by atoms with E-state index in [9.17, 15) is 14.4 Å². The average molecular weight is 321 g/mol. The second-order valence-corrected chi connectivity index (χ2v) is 4.76. The highest BCUT2D eigenvalue weighted by Crippen LogP contribution is 2.21. The predicted octanol–water partition coefficient (Wildman–Crippen LogP) is 1.72. The van der Waals surface area contributed by atoms with E-state index < -0.39 is 6.09 Å². The summed E-state index contributed by atoms with van der Waals surface area (Å²) >= 11 is 0. The van der Waals surface area contributed by atoms with Crippen LogP contribution >= 0.6 is 0 Å². The van der Waals surface area contributed by atoms with Gasteiger partial charge >= 0.3 is 12.2 Å². The number of anilines is 2. The van der Waals surface area contributed by atoms with Crippen molar-refractivity contribution in [3.05, 3.63) is 24.3 Å². The van der Waals surface area contributed by atoms with Gasteiger partial charge in [-0.3, -0.25) is 9.69 Å². The van der Waals surface area contributed by atoms with Gasteiger partial charge in [-0.15, -0.1) is 0 Å². The number of carbonyl (C=O) groups excluding carboxylic acids is 3. The first-order valence-corrected chi connectivity index (χ1v) is 7.35. The molecular weight excluding hydrogens is 302 g/mol. The molecule has 1 heterocycles. The Bertz CT molecular complexity index is 573. The minimum absolute atomic E-state index is 0.138. The highest BCUT2D eigenvalue weighted by molar-refractivity contribution is 5.92. The first kappa shape index (κ1) is 16.6. The number of ether oxygens (including phenoxy) is 2. The molecule has 2 N–H and O–H groups in total. The molecule has 124 valence electrons. The van der Waals surface area contributed by atoms with Crippen molar-refractivity contribution in [3.63, 3.8) is 0 Å². The first-order valence-electron chi connectivity index (χ1n) is 7.35. The standard InChI is InChI=1S/C15H19N3O5/c1-2-22-14(20)16-8-7-13(19)17-11-3-5-12(6-4-11)18-9-10-23-15(18)21/h3-6H,2,7-10H2,1H3,(H,16,20)(H,17,19). The zero-order valence-electron chi connectivity index (χ0n) is 12.8. The molecule has 3 amide bonds. The number of nitrogens with zero attached hydrogens (tertiary/aromatic N) is 1. The number of hydrogen-bond donors (Lipinski definition) is 2. The summed E-state index contributed by atoms with van der Waals surface area (Å²) in [5.41, 5.74) is 1.33. The number of cyclic esters (lactones) is 1. The Morgan fingerprint density at radius 3 is 2.65 bits per heavy atom. The number of carbonyl (C=O) groups is 3. The van der Waals surface area contributed by atoms with E-state index in [0.29, 0.717) is 18.8 Å². The molecule has 0 radical (unpaired) electrons. The van der Waals surface area contributed by atoms with Gasteiger partial charge in [0.05, 0.1) is 13.2 Å². The largest absolute Gasteiger partial charge is 0.450 e. The van der Waals surface area contributed by atoms with E-state index in [1.165, 1.54) is 4.90 Å². The summed E-state index contributed by atoms with van der Waals surface area (Å²) in [7, 11) is 0. The molecule has 8 nitrogen and oxygen atoms in total. The molecule has 0 atom stereocenters. The van der Waals surface area contributed by atoms with Gasteiger partial charge in [0, 0.05) is 24.3 Å². The number of hydrogen-bond acceptors (Lipinski definition) is 5. The fourth-order valence-electron chi connectivity index (χ4n) is 2.04. The maximum atomic E-state index is 11.8. The normalized spacial score (nSPS) is 13.4. The second kappa shape index (κ2) is 8.02. The van der Waals surface area contributed by atoms with Crippen LogP contribution in [0.3, 0.4) is 0 Å². The van der Waals surface area contributed by atoms with Gasteiger partial charge in [0.25, 0.3) is 0 Å². The molecule has 0 unspecified atom stereocenters. The van der Waals surface area contributed by atoms with E-state index in [0.717, 1.165) is 5.69 Å². The lowest BCUT2D eigenvalue weighted by molar-refractivity contribution is -0.116. The lowest BCUT2D eigenvalue weighted by atomic mass is 10.2. The maximum absolute atomic E-state index is 11.8.